The molecular formula is C20H21NO4. The van der Waals surface area contributed by atoms with Crippen LogP contribution < -0.4 is 0 Å². The highest BCUT2D eigenvalue weighted by atomic mass is 16.5. The van der Waals surface area contributed by atoms with Gasteiger partial charge in [0.25, 0.3) is 5.91 Å². The van der Waals surface area contributed by atoms with Gasteiger partial charge in [-0.05, 0) is 36.1 Å². The van der Waals surface area contributed by atoms with E-state index in [0.29, 0.717) is 31.7 Å². The van der Waals surface area contributed by atoms with E-state index >= 15 is 0 Å². The summed E-state index contributed by atoms with van der Waals surface area (Å²) in [5, 5.41) is 9.28. The second-order valence-corrected chi connectivity index (χ2v) is 6.20. The van der Waals surface area contributed by atoms with Gasteiger partial charge in [0, 0.05) is 13.1 Å². The van der Waals surface area contributed by atoms with E-state index in [1.54, 1.807) is 24.0 Å². The van der Waals surface area contributed by atoms with E-state index in [-0.39, 0.29) is 5.91 Å². The Hall–Kier alpha value is -2.66. The maximum atomic E-state index is 12.6. The van der Waals surface area contributed by atoms with Crippen LogP contribution in [-0.2, 0) is 29.1 Å². The Morgan fingerprint density at radius 3 is 2.64 bits per heavy atom. The van der Waals surface area contributed by atoms with Crippen molar-refractivity contribution in [2.24, 2.45) is 0 Å². The topological polar surface area (TPSA) is 66.8 Å². The van der Waals surface area contributed by atoms with Crippen LogP contribution in [0.2, 0.25) is 0 Å². The average molecular weight is 339 g/mol. The lowest BCUT2D eigenvalue weighted by atomic mass is 9.94. The summed E-state index contributed by atoms with van der Waals surface area (Å²) in [5.74, 6) is -0.988. The number of aromatic carboxylic acids is 1. The highest BCUT2D eigenvalue weighted by molar-refractivity contribution is 5.90. The Balaban J connectivity index is 1.64. The number of carbonyl (C=O) groups is 2. The van der Waals surface area contributed by atoms with Crippen molar-refractivity contribution in [3.05, 3.63) is 70.8 Å². The molecule has 0 saturated heterocycles. The molecule has 1 heterocycles. The number of carbonyl (C=O) groups excluding carboxylic acids is 1. The minimum Gasteiger partial charge on any atom is -0.478 e. The molecule has 5 heteroatoms. The Morgan fingerprint density at radius 1 is 1.16 bits per heavy atom. The fraction of sp³-hybridized carbons (Fsp3) is 0.300. The molecule has 0 bridgehead atoms. The van der Waals surface area contributed by atoms with Crippen molar-refractivity contribution >= 4 is 11.9 Å². The maximum absolute atomic E-state index is 12.6. The second-order valence-electron chi connectivity index (χ2n) is 6.20. The molecule has 2 aromatic rings. The largest absolute Gasteiger partial charge is 0.478 e. The predicted octanol–water partition coefficient (Wildman–Crippen LogP) is 2.87. The summed E-state index contributed by atoms with van der Waals surface area (Å²) in [5.41, 5.74) is 3.09. The lowest BCUT2D eigenvalue weighted by Crippen LogP contribution is -2.42. The molecule has 1 amide bonds. The van der Waals surface area contributed by atoms with Crippen LogP contribution in [-0.4, -0.2) is 34.5 Å². The Kier molecular flexibility index (Phi) is 5.14. The van der Waals surface area contributed by atoms with Crippen molar-refractivity contribution in [3.8, 4) is 0 Å². The fourth-order valence-corrected chi connectivity index (χ4v) is 3.12. The molecule has 1 unspecified atom stereocenters. The summed E-state index contributed by atoms with van der Waals surface area (Å²) in [4.78, 5) is 25.7. The zero-order valence-electron chi connectivity index (χ0n) is 14.1. The van der Waals surface area contributed by atoms with E-state index in [1.165, 1.54) is 0 Å². The highest BCUT2D eigenvalue weighted by Crippen LogP contribution is 2.23. The minimum absolute atomic E-state index is 0.0673. The van der Waals surface area contributed by atoms with Crippen LogP contribution in [0.5, 0.6) is 0 Å². The van der Waals surface area contributed by atoms with Gasteiger partial charge in [0.15, 0.2) is 0 Å². The molecule has 3 rings (SSSR count). The number of carboxylic acids is 1. The quantitative estimate of drug-likeness (QED) is 0.909. The molecule has 1 aliphatic heterocycles. The molecule has 0 fully saturated rings. The van der Waals surface area contributed by atoms with Gasteiger partial charge in [-0.2, -0.15) is 0 Å². The predicted molar refractivity (Wildman–Crippen MR) is 93.2 cm³/mol. The monoisotopic (exact) mass is 339 g/mol. The molecule has 25 heavy (non-hydrogen) atoms. The van der Waals surface area contributed by atoms with Crippen LogP contribution >= 0.6 is 0 Å². The normalized spacial score (nSPS) is 14.7. The lowest BCUT2D eigenvalue weighted by Gasteiger charge is -2.31. The zero-order valence-corrected chi connectivity index (χ0v) is 14.1. The van der Waals surface area contributed by atoms with Gasteiger partial charge in [-0.15, -0.1) is 0 Å². The van der Waals surface area contributed by atoms with Crippen molar-refractivity contribution in [2.75, 3.05) is 6.54 Å². The third-order valence-corrected chi connectivity index (χ3v) is 4.50. The number of hydrogen-bond donors (Lipinski definition) is 1. The average Bonchev–Trinajstić information content (AvgIpc) is 2.65. The molecule has 1 aliphatic rings. The molecule has 130 valence electrons. The molecule has 2 aromatic carbocycles. The number of nitrogens with zero attached hydrogens (tertiary/aromatic N) is 1. The summed E-state index contributed by atoms with van der Waals surface area (Å²) in [6.07, 6.45) is 0.0130. The third-order valence-electron chi connectivity index (χ3n) is 4.50. The number of ether oxygens (including phenoxy) is 1. The molecule has 0 radical (unpaired) electrons. The van der Waals surface area contributed by atoms with Crippen LogP contribution in [0.25, 0.3) is 0 Å². The first-order valence-corrected chi connectivity index (χ1v) is 8.34. The number of hydrogen-bond acceptors (Lipinski definition) is 3. The van der Waals surface area contributed by atoms with Crippen LogP contribution in [0.4, 0.5) is 0 Å². The van der Waals surface area contributed by atoms with Gasteiger partial charge >= 0.3 is 5.97 Å². The molecule has 0 saturated carbocycles. The van der Waals surface area contributed by atoms with Crippen LogP contribution in [0, 0.1) is 0 Å². The van der Waals surface area contributed by atoms with Crippen molar-refractivity contribution in [2.45, 2.75) is 32.6 Å². The summed E-state index contributed by atoms with van der Waals surface area (Å²) in [6.45, 7) is 3.08. The first kappa shape index (κ1) is 17.2. The Labute approximate surface area is 146 Å². The Bertz CT molecular complexity index is 773. The highest BCUT2D eigenvalue weighted by Gasteiger charge is 2.27. The third kappa shape index (κ3) is 3.88. The number of amides is 1. The molecular weight excluding hydrogens is 318 g/mol. The first-order valence-electron chi connectivity index (χ1n) is 8.34. The summed E-state index contributed by atoms with van der Waals surface area (Å²) in [7, 11) is 0. The van der Waals surface area contributed by atoms with Gasteiger partial charge in [-0.3, -0.25) is 4.79 Å². The number of fused-ring (bicyclic) bond motifs is 1. The lowest BCUT2D eigenvalue weighted by molar-refractivity contribution is -0.144. The van der Waals surface area contributed by atoms with Crippen molar-refractivity contribution in [1.82, 2.24) is 4.90 Å². The fourth-order valence-electron chi connectivity index (χ4n) is 3.12. The van der Waals surface area contributed by atoms with Crippen LogP contribution in [0.1, 0.15) is 34.0 Å². The standard InChI is InChI=1S/C20H21NO4/c1-14(25-13-15-6-3-2-4-7-15)19(22)21-11-10-17-16(12-21)8-5-9-18(17)20(23)24/h2-9,14H,10-13H2,1H3,(H,23,24). The second kappa shape index (κ2) is 7.49. The van der Waals surface area contributed by atoms with E-state index in [1.807, 2.05) is 36.4 Å². The summed E-state index contributed by atoms with van der Waals surface area (Å²) >= 11 is 0. The number of carboxylic acid groups (broad SMARTS) is 1. The van der Waals surface area contributed by atoms with E-state index in [9.17, 15) is 14.7 Å². The van der Waals surface area contributed by atoms with E-state index in [2.05, 4.69) is 0 Å². The van der Waals surface area contributed by atoms with Gasteiger partial charge in [0.2, 0.25) is 0 Å². The smallest absolute Gasteiger partial charge is 0.335 e. The van der Waals surface area contributed by atoms with Crippen molar-refractivity contribution in [3.63, 3.8) is 0 Å². The van der Waals surface area contributed by atoms with Gasteiger partial charge in [-0.1, -0.05) is 42.5 Å². The molecule has 1 N–H and O–H groups in total. The first-order chi connectivity index (χ1) is 12.1. The summed E-state index contributed by atoms with van der Waals surface area (Å²) in [6, 6.07) is 15.0. The molecule has 0 aliphatic carbocycles. The minimum atomic E-state index is -0.920. The van der Waals surface area contributed by atoms with Gasteiger partial charge in [0.05, 0.1) is 12.2 Å². The van der Waals surface area contributed by atoms with E-state index in [0.717, 1.165) is 16.7 Å². The number of rotatable bonds is 5. The van der Waals surface area contributed by atoms with Gasteiger partial charge in [-0.25, -0.2) is 4.79 Å². The maximum Gasteiger partial charge on any atom is 0.335 e. The SMILES string of the molecule is CC(OCc1ccccc1)C(=O)N1CCc2c(cccc2C(=O)O)C1. The number of benzene rings is 2. The van der Waals surface area contributed by atoms with Gasteiger partial charge in [0.1, 0.15) is 6.10 Å². The Morgan fingerprint density at radius 2 is 1.92 bits per heavy atom. The van der Waals surface area contributed by atoms with Crippen LogP contribution in [0.3, 0.4) is 0 Å². The zero-order chi connectivity index (χ0) is 17.8. The van der Waals surface area contributed by atoms with E-state index in [4.69, 9.17) is 4.74 Å². The molecule has 0 aromatic heterocycles. The molecule has 1 atom stereocenters. The van der Waals surface area contributed by atoms with Gasteiger partial charge < -0.3 is 14.7 Å². The van der Waals surface area contributed by atoms with Crippen molar-refractivity contribution in [1.29, 1.82) is 0 Å². The molecule has 5 nitrogen and oxygen atoms in total. The van der Waals surface area contributed by atoms with Crippen molar-refractivity contribution < 1.29 is 19.4 Å². The van der Waals surface area contributed by atoms with Crippen LogP contribution in [0.15, 0.2) is 48.5 Å². The van der Waals surface area contributed by atoms with E-state index < -0.39 is 12.1 Å². The molecule has 0 spiro atoms. The summed E-state index contributed by atoms with van der Waals surface area (Å²) < 4.78 is 5.71.